The topological polar surface area (TPSA) is 38.0 Å². The predicted molar refractivity (Wildman–Crippen MR) is 67.8 cm³/mol. The summed E-state index contributed by atoms with van der Waals surface area (Å²) in [6.45, 7) is 6.72. The van der Waals surface area contributed by atoms with Crippen molar-refractivity contribution in [1.29, 1.82) is 0 Å². The van der Waals surface area contributed by atoms with E-state index in [0.717, 1.165) is 16.7 Å². The Morgan fingerprint density at radius 3 is 2.41 bits per heavy atom. The third-order valence-corrected chi connectivity index (χ3v) is 3.01. The number of rotatable bonds is 3. The third-order valence-electron chi connectivity index (χ3n) is 3.01. The van der Waals surface area contributed by atoms with Gasteiger partial charge in [-0.05, 0) is 37.5 Å². The number of aliphatic hydroxyl groups is 1. The lowest BCUT2D eigenvalue weighted by Crippen LogP contribution is -2.10. The molecule has 0 saturated heterocycles. The van der Waals surface area contributed by atoms with Gasteiger partial charge < -0.3 is 9.67 Å². The van der Waals surface area contributed by atoms with Gasteiger partial charge in [0, 0.05) is 12.4 Å². The molecule has 3 heteroatoms. The van der Waals surface area contributed by atoms with Crippen LogP contribution in [0, 0.1) is 20.8 Å². The van der Waals surface area contributed by atoms with E-state index in [1.807, 2.05) is 24.6 Å². The zero-order valence-corrected chi connectivity index (χ0v) is 10.5. The van der Waals surface area contributed by atoms with Gasteiger partial charge in [0.15, 0.2) is 0 Å². The van der Waals surface area contributed by atoms with E-state index in [1.54, 1.807) is 12.5 Å². The molecule has 1 aromatic carbocycles. The number of hydrogen-bond acceptors (Lipinski definition) is 2. The van der Waals surface area contributed by atoms with Crippen LogP contribution < -0.4 is 0 Å². The van der Waals surface area contributed by atoms with Crippen LogP contribution in [0.15, 0.2) is 30.9 Å². The lowest BCUT2D eigenvalue weighted by molar-refractivity contribution is 0.155. The van der Waals surface area contributed by atoms with Crippen LogP contribution in [0.2, 0.25) is 0 Å². The molecule has 0 saturated carbocycles. The van der Waals surface area contributed by atoms with E-state index in [9.17, 15) is 5.11 Å². The van der Waals surface area contributed by atoms with Crippen LogP contribution >= 0.6 is 0 Å². The molecule has 0 fully saturated rings. The second kappa shape index (κ2) is 4.72. The van der Waals surface area contributed by atoms with E-state index in [0.29, 0.717) is 6.54 Å². The molecule has 0 aliphatic carbocycles. The molecule has 0 aliphatic rings. The number of aromatic nitrogens is 2. The van der Waals surface area contributed by atoms with Crippen molar-refractivity contribution < 1.29 is 5.11 Å². The summed E-state index contributed by atoms with van der Waals surface area (Å²) in [5.41, 5.74) is 4.56. The molecule has 0 radical (unpaired) electrons. The summed E-state index contributed by atoms with van der Waals surface area (Å²) in [7, 11) is 0. The van der Waals surface area contributed by atoms with Crippen LogP contribution in [0.1, 0.15) is 28.4 Å². The summed E-state index contributed by atoms with van der Waals surface area (Å²) >= 11 is 0. The van der Waals surface area contributed by atoms with Gasteiger partial charge in [0.05, 0.1) is 19.0 Å². The third kappa shape index (κ3) is 2.56. The quantitative estimate of drug-likeness (QED) is 0.880. The number of benzene rings is 1. The highest BCUT2D eigenvalue weighted by atomic mass is 16.3. The first kappa shape index (κ1) is 11.9. The minimum absolute atomic E-state index is 0.482. The minimum atomic E-state index is -0.482. The average Bonchev–Trinajstić information content (AvgIpc) is 2.68. The fourth-order valence-corrected chi connectivity index (χ4v) is 2.40. The largest absolute Gasteiger partial charge is 0.387 e. The van der Waals surface area contributed by atoms with Gasteiger partial charge in [0.25, 0.3) is 0 Å². The normalized spacial score (nSPS) is 12.7. The Labute approximate surface area is 102 Å². The molecule has 2 aromatic rings. The highest BCUT2D eigenvalue weighted by Gasteiger charge is 2.14. The van der Waals surface area contributed by atoms with Crippen molar-refractivity contribution in [2.24, 2.45) is 0 Å². The van der Waals surface area contributed by atoms with Crippen molar-refractivity contribution in [1.82, 2.24) is 9.55 Å². The number of imidazole rings is 1. The Hall–Kier alpha value is -1.61. The van der Waals surface area contributed by atoms with Crippen molar-refractivity contribution >= 4 is 0 Å². The molecule has 90 valence electrons. The first-order valence-corrected chi connectivity index (χ1v) is 5.79. The number of hydrogen-bond donors (Lipinski definition) is 1. The van der Waals surface area contributed by atoms with Gasteiger partial charge in [-0.15, -0.1) is 0 Å². The lowest BCUT2D eigenvalue weighted by Gasteiger charge is -2.17. The molecule has 1 N–H and O–H groups in total. The van der Waals surface area contributed by atoms with E-state index in [1.165, 1.54) is 5.56 Å². The molecule has 0 bridgehead atoms. The standard InChI is InChI=1S/C14H18N2O/c1-10-6-11(2)14(12(3)7-10)13(17)8-16-5-4-15-9-16/h4-7,9,13,17H,8H2,1-3H3. The molecule has 2 rings (SSSR count). The summed E-state index contributed by atoms with van der Waals surface area (Å²) in [4.78, 5) is 3.98. The van der Waals surface area contributed by atoms with E-state index >= 15 is 0 Å². The van der Waals surface area contributed by atoms with E-state index in [4.69, 9.17) is 0 Å². The van der Waals surface area contributed by atoms with Crippen LogP contribution in [-0.4, -0.2) is 14.7 Å². The van der Waals surface area contributed by atoms with Gasteiger partial charge in [-0.2, -0.15) is 0 Å². The smallest absolute Gasteiger partial charge is 0.0974 e. The van der Waals surface area contributed by atoms with Crippen molar-refractivity contribution in [3.05, 3.63) is 53.1 Å². The van der Waals surface area contributed by atoms with Crippen LogP contribution in [0.4, 0.5) is 0 Å². The fraction of sp³-hybridized carbons (Fsp3) is 0.357. The SMILES string of the molecule is Cc1cc(C)c(C(O)Cn2ccnc2)c(C)c1. The van der Waals surface area contributed by atoms with Gasteiger partial charge in [0.2, 0.25) is 0 Å². The van der Waals surface area contributed by atoms with E-state index in [2.05, 4.69) is 24.0 Å². The number of aryl methyl sites for hydroxylation is 3. The Bertz CT molecular complexity index is 480. The van der Waals surface area contributed by atoms with Gasteiger partial charge in [-0.3, -0.25) is 0 Å². The Balaban J connectivity index is 2.27. The number of nitrogens with zero attached hydrogens (tertiary/aromatic N) is 2. The molecule has 0 amide bonds. The summed E-state index contributed by atoms with van der Waals surface area (Å²) in [6, 6.07) is 4.22. The minimum Gasteiger partial charge on any atom is -0.387 e. The molecule has 1 atom stereocenters. The molecule has 0 spiro atoms. The second-order valence-electron chi connectivity index (χ2n) is 4.59. The molecule has 3 nitrogen and oxygen atoms in total. The van der Waals surface area contributed by atoms with E-state index < -0.39 is 6.10 Å². The first-order chi connectivity index (χ1) is 8.08. The Morgan fingerprint density at radius 1 is 1.24 bits per heavy atom. The second-order valence-corrected chi connectivity index (χ2v) is 4.59. The maximum Gasteiger partial charge on any atom is 0.0974 e. The van der Waals surface area contributed by atoms with Crippen molar-refractivity contribution in [3.63, 3.8) is 0 Å². The van der Waals surface area contributed by atoms with Crippen molar-refractivity contribution in [3.8, 4) is 0 Å². The molecule has 0 aliphatic heterocycles. The molecule has 17 heavy (non-hydrogen) atoms. The van der Waals surface area contributed by atoms with Crippen LogP contribution in [0.5, 0.6) is 0 Å². The van der Waals surface area contributed by atoms with E-state index in [-0.39, 0.29) is 0 Å². The van der Waals surface area contributed by atoms with Gasteiger partial charge in [0.1, 0.15) is 0 Å². The van der Waals surface area contributed by atoms with Gasteiger partial charge in [-0.1, -0.05) is 17.7 Å². The summed E-state index contributed by atoms with van der Waals surface area (Å²) in [5, 5.41) is 10.3. The van der Waals surface area contributed by atoms with Crippen LogP contribution in [0.25, 0.3) is 0 Å². The fourth-order valence-electron chi connectivity index (χ4n) is 2.40. The maximum absolute atomic E-state index is 10.3. The van der Waals surface area contributed by atoms with Crippen molar-refractivity contribution in [2.75, 3.05) is 0 Å². The molecule has 1 unspecified atom stereocenters. The first-order valence-electron chi connectivity index (χ1n) is 5.79. The highest BCUT2D eigenvalue weighted by molar-refractivity contribution is 5.38. The number of aliphatic hydroxyl groups excluding tert-OH is 1. The Kier molecular flexibility index (Phi) is 3.29. The van der Waals surface area contributed by atoms with Gasteiger partial charge >= 0.3 is 0 Å². The summed E-state index contributed by atoms with van der Waals surface area (Å²) in [5.74, 6) is 0. The highest BCUT2D eigenvalue weighted by Crippen LogP contribution is 2.24. The lowest BCUT2D eigenvalue weighted by atomic mass is 9.95. The average molecular weight is 230 g/mol. The predicted octanol–water partition coefficient (Wildman–Crippen LogP) is 2.54. The molecular weight excluding hydrogens is 212 g/mol. The van der Waals surface area contributed by atoms with Crippen LogP contribution in [-0.2, 0) is 6.54 Å². The summed E-state index contributed by atoms with van der Waals surface area (Å²) < 4.78 is 1.89. The molecule has 1 heterocycles. The maximum atomic E-state index is 10.3. The summed E-state index contributed by atoms with van der Waals surface area (Å²) in [6.07, 6.45) is 4.83. The zero-order valence-electron chi connectivity index (χ0n) is 10.5. The van der Waals surface area contributed by atoms with Gasteiger partial charge in [-0.25, -0.2) is 4.98 Å². The van der Waals surface area contributed by atoms with Crippen LogP contribution in [0.3, 0.4) is 0 Å². The Morgan fingerprint density at radius 2 is 1.88 bits per heavy atom. The zero-order chi connectivity index (χ0) is 12.4. The van der Waals surface area contributed by atoms with Crippen molar-refractivity contribution in [2.45, 2.75) is 33.4 Å². The monoisotopic (exact) mass is 230 g/mol. The molecule has 1 aromatic heterocycles. The molecular formula is C14H18N2O.